The molecule has 0 fully saturated rings. The van der Waals surface area contributed by atoms with Crippen molar-refractivity contribution in [3.8, 4) is 11.5 Å². The normalized spacial score (nSPS) is 11.0. The van der Waals surface area contributed by atoms with E-state index in [1.807, 2.05) is 12.1 Å². The molecule has 0 radical (unpaired) electrons. The zero-order chi connectivity index (χ0) is 15.7. The third-order valence-corrected chi connectivity index (χ3v) is 3.07. The lowest BCUT2D eigenvalue weighted by atomic mass is 10.2. The van der Waals surface area contributed by atoms with Crippen molar-refractivity contribution in [2.75, 3.05) is 33.5 Å². The molecule has 0 aliphatic rings. The van der Waals surface area contributed by atoms with Crippen LogP contribution in [0.5, 0.6) is 11.5 Å². The van der Waals surface area contributed by atoms with Crippen molar-refractivity contribution in [2.24, 2.45) is 5.92 Å². The van der Waals surface area contributed by atoms with E-state index in [1.54, 1.807) is 7.11 Å². The van der Waals surface area contributed by atoms with Gasteiger partial charge in [-0.05, 0) is 30.2 Å². The summed E-state index contributed by atoms with van der Waals surface area (Å²) in [5.41, 5.74) is 1.07. The molecule has 4 nitrogen and oxygen atoms in total. The molecule has 0 bridgehead atoms. The molecular formula is C16H26ClNO3. The largest absolute Gasteiger partial charge is 0.493 e. The van der Waals surface area contributed by atoms with Crippen LogP contribution in [0.15, 0.2) is 12.1 Å². The first-order valence-electron chi connectivity index (χ1n) is 7.36. The molecule has 5 heteroatoms. The summed E-state index contributed by atoms with van der Waals surface area (Å²) in [6, 6.07) is 3.84. The number of nitrogens with one attached hydrogen (secondary N) is 1. The lowest BCUT2D eigenvalue weighted by Crippen LogP contribution is -2.13. The van der Waals surface area contributed by atoms with Gasteiger partial charge in [-0.25, -0.2) is 0 Å². The van der Waals surface area contributed by atoms with Crippen molar-refractivity contribution in [3.05, 3.63) is 22.7 Å². The van der Waals surface area contributed by atoms with Crippen LogP contribution in [-0.2, 0) is 11.3 Å². The Morgan fingerprint density at radius 2 is 2.00 bits per heavy atom. The van der Waals surface area contributed by atoms with E-state index in [4.69, 9.17) is 25.8 Å². The standard InChI is InChI=1S/C16H26ClNO3/c1-5-18-10-13-8-14(17)16(15(9-13)19-4)21-7-6-20-11-12(2)3/h8-9,12,18H,5-7,10-11H2,1-4H3. The zero-order valence-corrected chi connectivity index (χ0v) is 14.1. The lowest BCUT2D eigenvalue weighted by Gasteiger charge is -2.15. The maximum atomic E-state index is 6.28. The van der Waals surface area contributed by atoms with Crippen LogP contribution in [0.4, 0.5) is 0 Å². The molecule has 120 valence electrons. The van der Waals surface area contributed by atoms with Crippen molar-refractivity contribution in [1.29, 1.82) is 0 Å². The van der Waals surface area contributed by atoms with Gasteiger partial charge in [-0.1, -0.05) is 32.4 Å². The predicted molar refractivity (Wildman–Crippen MR) is 86.5 cm³/mol. The van der Waals surface area contributed by atoms with Gasteiger partial charge in [-0.15, -0.1) is 0 Å². The van der Waals surface area contributed by atoms with Gasteiger partial charge in [0.15, 0.2) is 11.5 Å². The predicted octanol–water partition coefficient (Wildman–Crippen LogP) is 3.51. The molecule has 1 aromatic rings. The Bertz CT molecular complexity index is 424. The maximum absolute atomic E-state index is 6.28. The van der Waals surface area contributed by atoms with Gasteiger partial charge in [0.2, 0.25) is 0 Å². The minimum Gasteiger partial charge on any atom is -0.493 e. The quantitative estimate of drug-likeness (QED) is 0.671. The zero-order valence-electron chi connectivity index (χ0n) is 13.4. The van der Waals surface area contributed by atoms with Gasteiger partial charge in [0.25, 0.3) is 0 Å². The Kier molecular flexibility index (Phi) is 8.50. The second-order valence-electron chi connectivity index (χ2n) is 5.21. The summed E-state index contributed by atoms with van der Waals surface area (Å²) in [6.45, 7) is 9.68. The highest BCUT2D eigenvalue weighted by atomic mass is 35.5. The molecule has 21 heavy (non-hydrogen) atoms. The molecule has 0 spiro atoms. The van der Waals surface area contributed by atoms with Gasteiger partial charge in [-0.2, -0.15) is 0 Å². The summed E-state index contributed by atoms with van der Waals surface area (Å²) >= 11 is 6.28. The molecule has 1 aromatic carbocycles. The van der Waals surface area contributed by atoms with E-state index in [9.17, 15) is 0 Å². The molecule has 0 aliphatic carbocycles. The average Bonchev–Trinajstić information content (AvgIpc) is 2.45. The van der Waals surface area contributed by atoms with Crippen LogP contribution in [0.1, 0.15) is 26.3 Å². The molecule has 0 saturated carbocycles. The maximum Gasteiger partial charge on any atom is 0.179 e. The fourth-order valence-corrected chi connectivity index (χ4v) is 2.09. The fourth-order valence-electron chi connectivity index (χ4n) is 1.81. The number of methoxy groups -OCH3 is 1. The van der Waals surface area contributed by atoms with Crippen molar-refractivity contribution in [3.63, 3.8) is 0 Å². The Morgan fingerprint density at radius 3 is 2.62 bits per heavy atom. The SMILES string of the molecule is CCNCc1cc(Cl)c(OCCOCC(C)C)c(OC)c1. The topological polar surface area (TPSA) is 39.7 Å². The smallest absolute Gasteiger partial charge is 0.179 e. The molecular weight excluding hydrogens is 290 g/mol. The number of halogens is 1. The van der Waals surface area contributed by atoms with Crippen molar-refractivity contribution in [1.82, 2.24) is 5.32 Å². The first-order chi connectivity index (χ1) is 10.1. The Labute approximate surface area is 132 Å². The van der Waals surface area contributed by atoms with Crippen LogP contribution in [0.25, 0.3) is 0 Å². The molecule has 0 unspecified atom stereocenters. The third-order valence-electron chi connectivity index (χ3n) is 2.79. The van der Waals surface area contributed by atoms with Crippen molar-refractivity contribution < 1.29 is 14.2 Å². The summed E-state index contributed by atoms with van der Waals surface area (Å²) in [7, 11) is 1.62. The van der Waals surface area contributed by atoms with Crippen LogP contribution >= 0.6 is 11.6 Å². The minimum atomic E-state index is 0.454. The lowest BCUT2D eigenvalue weighted by molar-refractivity contribution is 0.0811. The highest BCUT2D eigenvalue weighted by Gasteiger charge is 2.12. The Hall–Kier alpha value is -0.970. The fraction of sp³-hybridized carbons (Fsp3) is 0.625. The first-order valence-corrected chi connectivity index (χ1v) is 7.73. The first kappa shape index (κ1) is 18.1. The molecule has 1 N–H and O–H groups in total. The highest BCUT2D eigenvalue weighted by Crippen LogP contribution is 2.36. The van der Waals surface area contributed by atoms with Crippen LogP contribution in [0.3, 0.4) is 0 Å². The second-order valence-corrected chi connectivity index (χ2v) is 5.61. The summed E-state index contributed by atoms with van der Waals surface area (Å²) in [6.07, 6.45) is 0. The van der Waals surface area contributed by atoms with Crippen LogP contribution < -0.4 is 14.8 Å². The molecule has 0 heterocycles. The van der Waals surface area contributed by atoms with Crippen LogP contribution in [0.2, 0.25) is 5.02 Å². The average molecular weight is 316 g/mol. The Morgan fingerprint density at radius 1 is 1.24 bits per heavy atom. The summed E-state index contributed by atoms with van der Waals surface area (Å²) in [5, 5.41) is 3.82. The second kappa shape index (κ2) is 9.87. The van der Waals surface area contributed by atoms with E-state index in [0.717, 1.165) is 25.3 Å². The summed E-state index contributed by atoms with van der Waals surface area (Å²) in [5.74, 6) is 1.75. The summed E-state index contributed by atoms with van der Waals surface area (Å²) < 4.78 is 16.5. The number of hydrogen-bond acceptors (Lipinski definition) is 4. The van der Waals surface area contributed by atoms with Gasteiger partial charge in [-0.3, -0.25) is 0 Å². The van der Waals surface area contributed by atoms with Gasteiger partial charge in [0.1, 0.15) is 6.61 Å². The van der Waals surface area contributed by atoms with Gasteiger partial charge in [0, 0.05) is 13.2 Å². The van der Waals surface area contributed by atoms with E-state index in [2.05, 4.69) is 26.1 Å². The van der Waals surface area contributed by atoms with E-state index < -0.39 is 0 Å². The molecule has 0 amide bonds. The molecule has 0 aliphatic heterocycles. The number of hydrogen-bond donors (Lipinski definition) is 1. The van der Waals surface area contributed by atoms with E-state index >= 15 is 0 Å². The number of benzene rings is 1. The van der Waals surface area contributed by atoms with Crippen LogP contribution in [0, 0.1) is 5.92 Å². The van der Waals surface area contributed by atoms with Crippen molar-refractivity contribution >= 4 is 11.6 Å². The van der Waals surface area contributed by atoms with Gasteiger partial charge < -0.3 is 19.5 Å². The minimum absolute atomic E-state index is 0.454. The third kappa shape index (κ3) is 6.55. The van der Waals surface area contributed by atoms with E-state index in [0.29, 0.717) is 35.7 Å². The number of rotatable bonds is 10. The van der Waals surface area contributed by atoms with Crippen LogP contribution in [-0.4, -0.2) is 33.5 Å². The van der Waals surface area contributed by atoms with E-state index in [1.165, 1.54) is 0 Å². The van der Waals surface area contributed by atoms with Crippen molar-refractivity contribution in [2.45, 2.75) is 27.3 Å². The van der Waals surface area contributed by atoms with Gasteiger partial charge >= 0.3 is 0 Å². The summed E-state index contributed by atoms with van der Waals surface area (Å²) in [4.78, 5) is 0. The molecule has 0 saturated heterocycles. The number of ether oxygens (including phenoxy) is 3. The van der Waals surface area contributed by atoms with Gasteiger partial charge in [0.05, 0.1) is 18.7 Å². The molecule has 0 aromatic heterocycles. The van der Waals surface area contributed by atoms with E-state index in [-0.39, 0.29) is 0 Å². The monoisotopic (exact) mass is 315 g/mol. The highest BCUT2D eigenvalue weighted by molar-refractivity contribution is 6.32. The molecule has 0 atom stereocenters. The Balaban J connectivity index is 2.60. The molecule has 1 rings (SSSR count).